The molecule has 0 bridgehead atoms. The fraction of sp³-hybridized carbons (Fsp3) is 0.556. The Hall–Kier alpha value is -1.59. The first kappa shape index (κ1) is 20.5. The predicted octanol–water partition coefficient (Wildman–Crippen LogP) is 2.59. The second-order valence-corrected chi connectivity index (χ2v) is 6.03. The molecule has 0 aliphatic carbocycles. The van der Waals surface area contributed by atoms with Gasteiger partial charge in [-0.1, -0.05) is 12.1 Å². The quantitative estimate of drug-likeness (QED) is 0.528. The molecule has 2 rings (SSSR count). The van der Waals surface area contributed by atoms with Crippen molar-refractivity contribution in [2.45, 2.75) is 32.6 Å². The topological polar surface area (TPSA) is 67.4 Å². The van der Waals surface area contributed by atoms with Gasteiger partial charge >= 0.3 is 0 Å². The maximum Gasteiger partial charge on any atom is 0.220 e. The van der Waals surface area contributed by atoms with Crippen LogP contribution in [-0.2, 0) is 4.79 Å². The van der Waals surface area contributed by atoms with Crippen LogP contribution in [0.5, 0.6) is 5.75 Å². The first-order valence-electron chi connectivity index (χ1n) is 8.36. The Bertz CT molecular complexity index is 531. The molecular weight excluding hydrogens is 328 g/mol. The van der Waals surface area contributed by atoms with E-state index >= 15 is 0 Å². The van der Waals surface area contributed by atoms with Crippen LogP contribution in [-0.4, -0.2) is 37.9 Å². The highest BCUT2D eigenvalue weighted by atomic mass is 35.5. The van der Waals surface area contributed by atoms with Gasteiger partial charge in [0.15, 0.2) is 5.78 Å². The summed E-state index contributed by atoms with van der Waals surface area (Å²) in [5, 5.41) is 6.29. The summed E-state index contributed by atoms with van der Waals surface area (Å²) in [7, 11) is 0. The van der Waals surface area contributed by atoms with Crippen LogP contribution in [0.15, 0.2) is 24.3 Å². The molecule has 1 saturated heterocycles. The zero-order valence-corrected chi connectivity index (χ0v) is 15.0. The average Bonchev–Trinajstić information content (AvgIpc) is 3.05. The molecule has 0 aromatic heterocycles. The van der Waals surface area contributed by atoms with Gasteiger partial charge in [0.05, 0.1) is 6.61 Å². The number of hydrogen-bond donors (Lipinski definition) is 2. The van der Waals surface area contributed by atoms with Crippen LogP contribution in [0.1, 0.15) is 43.0 Å². The zero-order chi connectivity index (χ0) is 16.5. The fourth-order valence-corrected chi connectivity index (χ4v) is 2.69. The summed E-state index contributed by atoms with van der Waals surface area (Å²) in [5.74, 6) is 1.48. The van der Waals surface area contributed by atoms with Crippen LogP contribution in [0.3, 0.4) is 0 Å². The summed E-state index contributed by atoms with van der Waals surface area (Å²) in [4.78, 5) is 23.0. The predicted molar refractivity (Wildman–Crippen MR) is 97.0 cm³/mol. The number of Topliss-reactive ketones (excluding diaryl/α,β-unsaturated/α-hetero) is 1. The van der Waals surface area contributed by atoms with Crippen molar-refractivity contribution in [3.63, 3.8) is 0 Å². The standard InChI is InChI=1S/C18H26N2O3.ClH/c1-14(21)16-4-2-5-17(12-16)23-11-3-6-18(22)20-10-8-15-7-9-19-13-15;/h2,4-5,12,15,19H,3,6-11,13H2,1H3,(H,20,22);1H. The highest BCUT2D eigenvalue weighted by Crippen LogP contribution is 2.14. The zero-order valence-electron chi connectivity index (χ0n) is 14.2. The lowest BCUT2D eigenvalue weighted by Crippen LogP contribution is -2.26. The molecule has 2 N–H and O–H groups in total. The van der Waals surface area contributed by atoms with E-state index in [-0.39, 0.29) is 24.1 Å². The maximum atomic E-state index is 11.7. The summed E-state index contributed by atoms with van der Waals surface area (Å²) in [6.07, 6.45) is 3.40. The Morgan fingerprint density at radius 2 is 2.21 bits per heavy atom. The van der Waals surface area contributed by atoms with Gasteiger partial charge in [-0.3, -0.25) is 9.59 Å². The number of halogens is 1. The number of nitrogens with one attached hydrogen (secondary N) is 2. The first-order chi connectivity index (χ1) is 11.1. The third kappa shape index (κ3) is 7.32. The van der Waals surface area contributed by atoms with Gasteiger partial charge in [0, 0.05) is 18.5 Å². The van der Waals surface area contributed by atoms with E-state index < -0.39 is 0 Å². The third-order valence-corrected chi connectivity index (χ3v) is 4.09. The number of ketones is 1. The van der Waals surface area contributed by atoms with Gasteiger partial charge in [-0.15, -0.1) is 12.4 Å². The van der Waals surface area contributed by atoms with Gasteiger partial charge < -0.3 is 15.4 Å². The van der Waals surface area contributed by atoms with Gasteiger partial charge in [0.2, 0.25) is 5.91 Å². The van der Waals surface area contributed by atoms with Gasteiger partial charge in [0.1, 0.15) is 5.75 Å². The molecule has 1 aromatic rings. The van der Waals surface area contributed by atoms with Crippen LogP contribution in [0.2, 0.25) is 0 Å². The number of amides is 1. The van der Waals surface area contributed by atoms with E-state index in [1.165, 1.54) is 13.3 Å². The van der Waals surface area contributed by atoms with Gasteiger partial charge in [-0.25, -0.2) is 0 Å². The number of ether oxygens (including phenoxy) is 1. The van der Waals surface area contributed by atoms with E-state index in [0.29, 0.717) is 36.7 Å². The van der Waals surface area contributed by atoms with Crippen molar-refractivity contribution in [1.82, 2.24) is 10.6 Å². The highest BCUT2D eigenvalue weighted by molar-refractivity contribution is 5.94. The highest BCUT2D eigenvalue weighted by Gasteiger charge is 2.13. The smallest absolute Gasteiger partial charge is 0.220 e. The second kappa shape index (κ2) is 11.0. The molecule has 6 heteroatoms. The molecule has 1 atom stereocenters. The van der Waals surface area contributed by atoms with Crippen LogP contribution in [0, 0.1) is 5.92 Å². The Labute approximate surface area is 149 Å². The molecule has 1 heterocycles. The SMILES string of the molecule is CC(=O)c1cccc(OCCCC(=O)NCCC2CCNC2)c1.Cl. The van der Waals surface area contributed by atoms with Crippen LogP contribution in [0.25, 0.3) is 0 Å². The van der Waals surface area contributed by atoms with Crippen molar-refractivity contribution < 1.29 is 14.3 Å². The van der Waals surface area contributed by atoms with Crippen molar-refractivity contribution in [2.24, 2.45) is 5.92 Å². The molecule has 1 fully saturated rings. The molecule has 24 heavy (non-hydrogen) atoms. The number of hydrogen-bond acceptors (Lipinski definition) is 4. The molecule has 1 aliphatic rings. The number of carbonyl (C=O) groups is 2. The van der Waals surface area contributed by atoms with Crippen molar-refractivity contribution in [3.8, 4) is 5.75 Å². The molecule has 5 nitrogen and oxygen atoms in total. The Morgan fingerprint density at radius 1 is 1.38 bits per heavy atom. The van der Waals surface area contributed by atoms with E-state index in [4.69, 9.17) is 4.74 Å². The van der Waals surface area contributed by atoms with E-state index in [1.807, 2.05) is 6.07 Å². The second-order valence-electron chi connectivity index (χ2n) is 6.03. The normalized spacial score (nSPS) is 16.3. The van der Waals surface area contributed by atoms with Crippen LogP contribution >= 0.6 is 12.4 Å². The Kier molecular flexibility index (Phi) is 9.42. The van der Waals surface area contributed by atoms with Gasteiger partial charge in [0.25, 0.3) is 0 Å². The summed E-state index contributed by atoms with van der Waals surface area (Å²) >= 11 is 0. The monoisotopic (exact) mass is 354 g/mol. The molecule has 0 saturated carbocycles. The van der Waals surface area contributed by atoms with Crippen molar-refractivity contribution in [2.75, 3.05) is 26.2 Å². The van der Waals surface area contributed by atoms with Crippen molar-refractivity contribution in [3.05, 3.63) is 29.8 Å². The lowest BCUT2D eigenvalue weighted by molar-refractivity contribution is -0.121. The third-order valence-electron chi connectivity index (χ3n) is 4.09. The molecule has 1 aliphatic heterocycles. The molecule has 134 valence electrons. The summed E-state index contributed by atoms with van der Waals surface area (Å²) < 4.78 is 5.59. The minimum absolute atomic E-state index is 0. The fourth-order valence-electron chi connectivity index (χ4n) is 2.69. The maximum absolute atomic E-state index is 11.7. The van der Waals surface area contributed by atoms with E-state index in [1.54, 1.807) is 18.2 Å². The first-order valence-corrected chi connectivity index (χ1v) is 8.36. The molecule has 1 aromatic carbocycles. The van der Waals surface area contributed by atoms with Crippen molar-refractivity contribution >= 4 is 24.1 Å². The van der Waals surface area contributed by atoms with Crippen LogP contribution in [0.4, 0.5) is 0 Å². The summed E-state index contributed by atoms with van der Waals surface area (Å²) in [6.45, 7) is 4.93. The molecule has 0 spiro atoms. The minimum Gasteiger partial charge on any atom is -0.494 e. The van der Waals surface area contributed by atoms with E-state index in [0.717, 1.165) is 26.1 Å². The number of rotatable bonds is 9. The van der Waals surface area contributed by atoms with E-state index in [2.05, 4.69) is 10.6 Å². The Morgan fingerprint density at radius 3 is 2.92 bits per heavy atom. The summed E-state index contributed by atoms with van der Waals surface area (Å²) in [6, 6.07) is 7.12. The van der Waals surface area contributed by atoms with Crippen LogP contribution < -0.4 is 15.4 Å². The summed E-state index contributed by atoms with van der Waals surface area (Å²) in [5.41, 5.74) is 0.640. The largest absolute Gasteiger partial charge is 0.494 e. The van der Waals surface area contributed by atoms with Crippen molar-refractivity contribution in [1.29, 1.82) is 0 Å². The lowest BCUT2D eigenvalue weighted by Gasteiger charge is -2.10. The average molecular weight is 355 g/mol. The molecule has 1 unspecified atom stereocenters. The lowest BCUT2D eigenvalue weighted by atomic mass is 10.1. The molecule has 1 amide bonds. The Balaban J connectivity index is 0.00000288. The molecular formula is C18H27ClN2O3. The van der Waals surface area contributed by atoms with Gasteiger partial charge in [-0.2, -0.15) is 0 Å². The van der Waals surface area contributed by atoms with E-state index in [9.17, 15) is 9.59 Å². The molecule has 0 radical (unpaired) electrons. The number of carbonyl (C=O) groups excluding carboxylic acids is 2. The van der Waals surface area contributed by atoms with Gasteiger partial charge in [-0.05, 0) is 57.3 Å². The number of benzene rings is 1. The minimum atomic E-state index is 0.